The van der Waals surface area contributed by atoms with E-state index in [1.165, 1.54) is 33.4 Å². The molecule has 0 atom stereocenters. The van der Waals surface area contributed by atoms with Crippen LogP contribution in [0.1, 0.15) is 186 Å². The molecule has 5 nitrogen and oxygen atoms in total. The van der Waals surface area contributed by atoms with Gasteiger partial charge in [-0.25, -0.2) is 9.97 Å². The van der Waals surface area contributed by atoms with Gasteiger partial charge in [0.15, 0.2) is 0 Å². The van der Waals surface area contributed by atoms with Crippen LogP contribution in [-0.4, -0.2) is 25.0 Å². The highest BCUT2D eigenvalue weighted by atomic mass is 16.3. The normalized spacial score (nSPS) is 13.6. The van der Waals surface area contributed by atoms with E-state index in [4.69, 9.17) is 9.97 Å². The van der Waals surface area contributed by atoms with Crippen molar-refractivity contribution in [2.24, 2.45) is 0 Å². The number of hydrogen-bond donors (Lipinski definition) is 3. The van der Waals surface area contributed by atoms with Crippen molar-refractivity contribution in [1.82, 2.24) is 19.9 Å². The van der Waals surface area contributed by atoms with Gasteiger partial charge in [0.05, 0.1) is 29.4 Å². The van der Waals surface area contributed by atoms with Crippen LogP contribution in [0.4, 0.5) is 0 Å². The number of H-pyrrole nitrogens is 2. The minimum Gasteiger partial charge on any atom is -0.392 e. The first-order chi connectivity index (χ1) is 34.4. The van der Waals surface area contributed by atoms with Gasteiger partial charge in [0.25, 0.3) is 0 Å². The third kappa shape index (κ3) is 10.4. The fourth-order valence-electron chi connectivity index (χ4n) is 10.1. The molecule has 0 amide bonds. The number of aliphatic hydroxyl groups is 1. The number of nitrogens with one attached hydrogen (secondary N) is 2. The Balaban J connectivity index is 1.52. The Morgan fingerprint density at radius 1 is 0.311 bits per heavy atom. The molecule has 9 rings (SSSR count). The summed E-state index contributed by atoms with van der Waals surface area (Å²) in [5, 5.41) is 10.2. The summed E-state index contributed by atoms with van der Waals surface area (Å²) in [4.78, 5) is 19.5. The maximum Gasteiger partial charge on any atom is 0.0737 e. The fraction of sp³-hybridized carbons (Fsp3) is 0.362. The minimum absolute atomic E-state index is 0.0300. The SMILES string of the molecule is CC(C)(C)c1cc(-c2c3nc(c(-c4cc(C(C)(C)C)cc(C(C)(C)C)c4)c4ccc([nH]4)c(-c4cc(C(C)(C)C)cc(C(C)(C)C)c4)c4nc(c(-c5ccc(CO)cc5)c5ccc2[nH]5)C=C4)C=C3)cc(C(C)(C)C)c1. The zero-order valence-electron chi connectivity index (χ0n) is 47.7. The first-order valence-electron chi connectivity index (χ1n) is 26.7. The van der Waals surface area contributed by atoms with Crippen LogP contribution in [0.5, 0.6) is 0 Å². The molecule has 382 valence electrons. The summed E-state index contributed by atoms with van der Waals surface area (Å²) in [7, 11) is 0. The molecular weight excluding hydrogens is 901 g/mol. The molecule has 0 saturated heterocycles. The van der Waals surface area contributed by atoms with Crippen LogP contribution >= 0.6 is 0 Å². The van der Waals surface area contributed by atoms with Gasteiger partial charge < -0.3 is 15.1 Å². The van der Waals surface area contributed by atoms with E-state index in [-0.39, 0.29) is 39.1 Å². The number of rotatable bonds is 5. The summed E-state index contributed by atoms with van der Waals surface area (Å²) in [5.41, 5.74) is 23.8. The Morgan fingerprint density at radius 3 is 0.757 bits per heavy atom. The molecule has 2 aliphatic rings. The predicted octanol–water partition coefficient (Wildman–Crippen LogP) is 18.6. The van der Waals surface area contributed by atoms with Gasteiger partial charge in [0, 0.05) is 44.3 Å². The van der Waals surface area contributed by atoms with Crippen molar-refractivity contribution in [1.29, 1.82) is 0 Å². The summed E-state index contributed by atoms with van der Waals surface area (Å²) in [6.45, 7) is 41.4. The average Bonchev–Trinajstić information content (AvgIpc) is 4.16. The van der Waals surface area contributed by atoms with E-state index in [1.807, 2.05) is 12.1 Å². The number of aromatic amines is 2. The van der Waals surface area contributed by atoms with Crippen molar-refractivity contribution < 1.29 is 5.11 Å². The molecule has 74 heavy (non-hydrogen) atoms. The number of aliphatic hydroxyl groups excluding tert-OH is 1. The summed E-state index contributed by atoms with van der Waals surface area (Å²) in [6.07, 6.45) is 8.81. The molecule has 0 unspecified atom stereocenters. The van der Waals surface area contributed by atoms with Crippen molar-refractivity contribution in [2.75, 3.05) is 0 Å². The highest BCUT2D eigenvalue weighted by Gasteiger charge is 2.28. The van der Waals surface area contributed by atoms with Crippen molar-refractivity contribution in [3.8, 4) is 44.5 Å². The first kappa shape index (κ1) is 52.3. The molecule has 3 N–H and O–H groups in total. The van der Waals surface area contributed by atoms with Gasteiger partial charge in [0.1, 0.15) is 0 Å². The lowest BCUT2D eigenvalue weighted by molar-refractivity contribution is 0.282. The molecule has 0 radical (unpaired) electrons. The van der Waals surface area contributed by atoms with Gasteiger partial charge in [0.2, 0.25) is 0 Å². The van der Waals surface area contributed by atoms with Crippen molar-refractivity contribution in [3.05, 3.63) is 165 Å². The highest BCUT2D eigenvalue weighted by molar-refractivity contribution is 6.00. The van der Waals surface area contributed by atoms with Crippen LogP contribution in [0.3, 0.4) is 0 Å². The highest BCUT2D eigenvalue weighted by Crippen LogP contribution is 2.44. The third-order valence-corrected chi connectivity index (χ3v) is 15.0. The average molecular weight is 981 g/mol. The zero-order chi connectivity index (χ0) is 53.7. The van der Waals surface area contributed by atoms with E-state index in [0.29, 0.717) is 0 Å². The lowest BCUT2D eigenvalue weighted by Gasteiger charge is -2.26. The van der Waals surface area contributed by atoms with Crippen LogP contribution < -0.4 is 0 Å². The largest absolute Gasteiger partial charge is 0.392 e. The Hall–Kier alpha value is -6.56. The number of fused-ring (bicyclic) bond motifs is 8. The molecule has 0 aliphatic carbocycles. The van der Waals surface area contributed by atoms with Crippen LogP contribution in [0.2, 0.25) is 0 Å². The van der Waals surface area contributed by atoms with Gasteiger partial charge >= 0.3 is 0 Å². The summed E-state index contributed by atoms with van der Waals surface area (Å²) >= 11 is 0. The van der Waals surface area contributed by atoms with Gasteiger partial charge in [-0.05, 0) is 142 Å². The van der Waals surface area contributed by atoms with E-state index < -0.39 is 0 Å². The topological polar surface area (TPSA) is 77.6 Å². The molecule has 0 fully saturated rings. The Labute approximate surface area is 442 Å². The maximum atomic E-state index is 10.2. The molecule has 7 aromatic rings. The van der Waals surface area contributed by atoms with Crippen LogP contribution in [0.25, 0.3) is 90.9 Å². The van der Waals surface area contributed by atoms with Crippen molar-refractivity contribution in [2.45, 2.75) is 164 Å². The van der Waals surface area contributed by atoms with Crippen LogP contribution in [0, 0.1) is 0 Å². The molecular formula is C69H80N4O. The Kier molecular flexibility index (Phi) is 13.0. The third-order valence-electron chi connectivity index (χ3n) is 15.0. The Bertz CT molecular complexity index is 3390. The lowest BCUT2D eigenvalue weighted by atomic mass is 9.78. The van der Waals surface area contributed by atoms with E-state index in [2.05, 4.69) is 250 Å². The van der Waals surface area contributed by atoms with Crippen LogP contribution in [-0.2, 0) is 39.1 Å². The van der Waals surface area contributed by atoms with Crippen molar-refractivity contribution >= 4 is 46.4 Å². The maximum absolute atomic E-state index is 10.2. The van der Waals surface area contributed by atoms with Gasteiger partial charge in [-0.15, -0.1) is 0 Å². The first-order valence-corrected chi connectivity index (χ1v) is 26.7. The van der Waals surface area contributed by atoms with E-state index in [0.717, 1.165) is 94.9 Å². The second-order valence-corrected chi connectivity index (χ2v) is 27.3. The minimum atomic E-state index is -0.101. The molecule has 5 heteroatoms. The number of nitrogens with zero attached hydrogens (tertiary/aromatic N) is 2. The fourth-order valence-corrected chi connectivity index (χ4v) is 10.1. The monoisotopic (exact) mass is 981 g/mol. The van der Waals surface area contributed by atoms with E-state index >= 15 is 0 Å². The summed E-state index contributed by atoms with van der Waals surface area (Å²) < 4.78 is 0. The number of hydrogen-bond acceptors (Lipinski definition) is 3. The number of aromatic nitrogens is 4. The molecule has 8 bridgehead atoms. The molecule has 0 spiro atoms. The van der Waals surface area contributed by atoms with Crippen LogP contribution in [0.15, 0.2) is 103 Å². The van der Waals surface area contributed by atoms with Crippen molar-refractivity contribution in [3.63, 3.8) is 0 Å². The molecule has 2 aliphatic heterocycles. The second-order valence-electron chi connectivity index (χ2n) is 27.3. The second kappa shape index (κ2) is 18.4. The predicted molar refractivity (Wildman–Crippen MR) is 319 cm³/mol. The smallest absolute Gasteiger partial charge is 0.0737 e. The van der Waals surface area contributed by atoms with E-state index in [1.54, 1.807) is 0 Å². The van der Waals surface area contributed by atoms with E-state index in [9.17, 15) is 5.11 Å². The molecule has 5 heterocycles. The zero-order valence-corrected chi connectivity index (χ0v) is 47.7. The standard InChI is InChI=1S/C69H80N4O/c1-64(2,3)46-31-43(32-47(37-46)65(4,5)6)61-54-25-23-52(70-54)60(42-21-19-41(40-74)20-22-42)53-24-26-55(71-53)62(44-33-48(66(7,8)9)38-49(34-44)67(10,11)12)57-28-30-59(73-57)63(58-29-27-56(61)72-58)45-35-50(68(13,14)15)39-51(36-45)69(16,17)18/h19-39,70,73-74H,40H2,1-18H3. The quantitative estimate of drug-likeness (QED) is 0.161. The summed E-state index contributed by atoms with van der Waals surface area (Å²) in [6, 6.07) is 38.6. The van der Waals surface area contributed by atoms with Gasteiger partial charge in [-0.2, -0.15) is 0 Å². The lowest BCUT2D eigenvalue weighted by Crippen LogP contribution is -2.16. The molecule has 0 saturated carbocycles. The molecule has 4 aromatic carbocycles. The van der Waals surface area contributed by atoms with Gasteiger partial charge in [-0.3, -0.25) is 0 Å². The summed E-state index contributed by atoms with van der Waals surface area (Å²) in [5.74, 6) is 0. The molecule has 3 aromatic heterocycles. The van der Waals surface area contributed by atoms with Gasteiger partial charge in [-0.1, -0.05) is 203 Å². The number of benzene rings is 4. The Morgan fingerprint density at radius 2 is 0.541 bits per heavy atom.